The van der Waals surface area contributed by atoms with Crippen molar-refractivity contribution in [2.24, 2.45) is 5.10 Å². The third-order valence-corrected chi connectivity index (χ3v) is 4.04. The molecule has 0 saturated heterocycles. The molecule has 4 rings (SSSR count). The van der Waals surface area contributed by atoms with Crippen LogP contribution in [0.2, 0.25) is 0 Å². The highest BCUT2D eigenvalue weighted by atomic mass is 19.4. The van der Waals surface area contributed by atoms with Crippen molar-refractivity contribution in [1.82, 2.24) is 9.97 Å². The van der Waals surface area contributed by atoms with Crippen LogP contribution in [-0.2, 0) is 6.18 Å². The minimum Gasteiger partial charge on any atom is -0.346 e. The Morgan fingerprint density at radius 2 is 2.00 bits per heavy atom. The Balaban J connectivity index is 1.70. The monoisotopic (exact) mass is 330 g/mol. The molecular formula is C17H13F3N4. The molecule has 2 aromatic heterocycles. The third-order valence-electron chi connectivity index (χ3n) is 4.04. The highest BCUT2D eigenvalue weighted by molar-refractivity contribution is 6.03. The summed E-state index contributed by atoms with van der Waals surface area (Å²) in [5.41, 5.74) is 2.16. The fourth-order valence-electron chi connectivity index (χ4n) is 2.88. The number of rotatable bonds is 2. The number of aromatic nitrogens is 2. The number of hydrogen-bond acceptors (Lipinski definition) is 3. The lowest BCUT2D eigenvalue weighted by molar-refractivity contribution is -0.137. The van der Waals surface area contributed by atoms with Gasteiger partial charge in [0.05, 0.1) is 17.0 Å². The smallest absolute Gasteiger partial charge is 0.346 e. The van der Waals surface area contributed by atoms with Gasteiger partial charge in [-0.05, 0) is 29.8 Å². The molecule has 0 atom stereocenters. The summed E-state index contributed by atoms with van der Waals surface area (Å²) < 4.78 is 38.6. The van der Waals surface area contributed by atoms with Gasteiger partial charge in [0.2, 0.25) is 0 Å². The molecule has 24 heavy (non-hydrogen) atoms. The number of hydrazone groups is 1. The maximum Gasteiger partial charge on any atom is 0.416 e. The summed E-state index contributed by atoms with van der Waals surface area (Å²) in [6, 6.07) is 9.07. The molecule has 1 aliphatic rings. The minimum absolute atomic E-state index is 0.506. The zero-order valence-corrected chi connectivity index (χ0v) is 12.5. The van der Waals surface area contributed by atoms with Crippen LogP contribution in [0.3, 0.4) is 0 Å². The number of alkyl halides is 3. The molecule has 0 saturated carbocycles. The molecule has 0 fully saturated rings. The van der Waals surface area contributed by atoms with Crippen molar-refractivity contribution in [3.63, 3.8) is 0 Å². The zero-order valence-electron chi connectivity index (χ0n) is 12.5. The van der Waals surface area contributed by atoms with Gasteiger partial charge in [-0.3, -0.25) is 5.01 Å². The molecule has 1 aliphatic heterocycles. The van der Waals surface area contributed by atoms with Gasteiger partial charge in [-0.2, -0.15) is 18.3 Å². The van der Waals surface area contributed by atoms with Gasteiger partial charge in [-0.25, -0.2) is 4.98 Å². The van der Waals surface area contributed by atoms with Crippen molar-refractivity contribution in [3.05, 3.63) is 59.9 Å². The molecule has 0 radical (unpaired) electrons. The summed E-state index contributed by atoms with van der Waals surface area (Å²) in [6.45, 7) is 0.621. The molecule has 3 aromatic rings. The van der Waals surface area contributed by atoms with Crippen molar-refractivity contribution in [2.75, 3.05) is 11.6 Å². The summed E-state index contributed by atoms with van der Waals surface area (Å²) in [5, 5.41) is 7.27. The number of aromatic amines is 1. The first-order valence-electron chi connectivity index (χ1n) is 7.47. The molecule has 7 heteroatoms. The summed E-state index contributed by atoms with van der Waals surface area (Å²) in [4.78, 5) is 7.27. The summed E-state index contributed by atoms with van der Waals surface area (Å²) in [5.74, 6) is 0. The molecule has 0 aliphatic carbocycles. The molecule has 3 heterocycles. The van der Waals surface area contributed by atoms with E-state index < -0.39 is 11.7 Å². The fraction of sp³-hybridized carbons (Fsp3) is 0.176. The highest BCUT2D eigenvalue weighted by Crippen LogP contribution is 2.31. The van der Waals surface area contributed by atoms with E-state index in [1.54, 1.807) is 18.5 Å². The van der Waals surface area contributed by atoms with E-state index in [1.807, 2.05) is 17.1 Å². The predicted molar refractivity (Wildman–Crippen MR) is 86.0 cm³/mol. The first kappa shape index (κ1) is 14.7. The molecule has 0 amide bonds. The zero-order chi connectivity index (χ0) is 16.7. The SMILES string of the molecule is FC(F)(F)c1cccc(C2=NN(c3ccnc4[nH]ccc34)CC2)c1. The second kappa shape index (κ2) is 5.36. The number of H-pyrrole nitrogens is 1. The van der Waals surface area contributed by atoms with Crippen molar-refractivity contribution in [2.45, 2.75) is 12.6 Å². The summed E-state index contributed by atoms with van der Waals surface area (Å²) in [7, 11) is 0. The maximum absolute atomic E-state index is 12.9. The summed E-state index contributed by atoms with van der Waals surface area (Å²) >= 11 is 0. The number of hydrogen-bond donors (Lipinski definition) is 1. The molecule has 0 unspecified atom stereocenters. The Morgan fingerprint density at radius 1 is 1.12 bits per heavy atom. The van der Waals surface area contributed by atoms with E-state index in [9.17, 15) is 13.2 Å². The molecular weight excluding hydrogens is 317 g/mol. The second-order valence-corrected chi connectivity index (χ2v) is 5.57. The lowest BCUT2D eigenvalue weighted by Gasteiger charge is -2.14. The molecule has 0 spiro atoms. The number of nitrogens with zero attached hydrogens (tertiary/aromatic N) is 3. The van der Waals surface area contributed by atoms with E-state index in [1.165, 1.54) is 6.07 Å². The van der Waals surface area contributed by atoms with Crippen LogP contribution in [-0.4, -0.2) is 22.2 Å². The van der Waals surface area contributed by atoms with E-state index in [-0.39, 0.29) is 0 Å². The van der Waals surface area contributed by atoms with E-state index >= 15 is 0 Å². The van der Waals surface area contributed by atoms with E-state index in [0.29, 0.717) is 24.2 Å². The Kier molecular flexibility index (Phi) is 3.30. The van der Waals surface area contributed by atoms with Crippen LogP contribution in [0.15, 0.2) is 53.9 Å². The second-order valence-electron chi connectivity index (χ2n) is 5.57. The Morgan fingerprint density at radius 3 is 2.83 bits per heavy atom. The van der Waals surface area contributed by atoms with E-state index in [2.05, 4.69) is 15.1 Å². The Bertz CT molecular complexity index is 927. The van der Waals surface area contributed by atoms with Gasteiger partial charge < -0.3 is 4.98 Å². The molecule has 1 aromatic carbocycles. The highest BCUT2D eigenvalue weighted by Gasteiger charge is 2.31. The van der Waals surface area contributed by atoms with E-state index in [0.717, 1.165) is 28.9 Å². The first-order chi connectivity index (χ1) is 11.5. The van der Waals surface area contributed by atoms with Crippen molar-refractivity contribution in [1.29, 1.82) is 0 Å². The van der Waals surface area contributed by atoms with Gasteiger partial charge in [0, 0.05) is 30.7 Å². The quantitative estimate of drug-likeness (QED) is 0.765. The van der Waals surface area contributed by atoms with Gasteiger partial charge in [0.1, 0.15) is 5.65 Å². The molecule has 122 valence electrons. The predicted octanol–water partition coefficient (Wildman–Crippen LogP) is 4.20. The van der Waals surface area contributed by atoms with Crippen LogP contribution in [0.4, 0.5) is 18.9 Å². The van der Waals surface area contributed by atoms with Crippen molar-refractivity contribution >= 4 is 22.4 Å². The fourth-order valence-corrected chi connectivity index (χ4v) is 2.88. The van der Waals surface area contributed by atoms with Crippen LogP contribution in [0, 0.1) is 0 Å². The number of pyridine rings is 1. The standard InChI is InChI=1S/C17H13F3N4/c18-17(19,20)12-3-1-2-11(10-12)14-6-9-24(23-14)15-5-8-22-16-13(15)4-7-21-16/h1-5,7-8,10H,6,9H2,(H,21,22). The molecule has 1 N–H and O–H groups in total. The number of fused-ring (bicyclic) bond motifs is 1. The van der Waals surface area contributed by atoms with E-state index in [4.69, 9.17) is 0 Å². The van der Waals surface area contributed by atoms with Gasteiger partial charge >= 0.3 is 6.18 Å². The van der Waals surface area contributed by atoms with Crippen LogP contribution < -0.4 is 5.01 Å². The third kappa shape index (κ3) is 2.51. The Hall–Kier alpha value is -2.83. The largest absolute Gasteiger partial charge is 0.416 e. The average molecular weight is 330 g/mol. The van der Waals surface area contributed by atoms with Crippen molar-refractivity contribution < 1.29 is 13.2 Å². The normalized spacial score (nSPS) is 15.1. The maximum atomic E-state index is 12.9. The number of halogens is 3. The number of anilines is 1. The summed E-state index contributed by atoms with van der Waals surface area (Å²) in [6.07, 6.45) is -0.270. The van der Waals surface area contributed by atoms with Crippen LogP contribution >= 0.6 is 0 Å². The molecule has 0 bridgehead atoms. The van der Waals surface area contributed by atoms with Gasteiger partial charge in [0.15, 0.2) is 0 Å². The average Bonchev–Trinajstić information content (AvgIpc) is 3.23. The lowest BCUT2D eigenvalue weighted by atomic mass is 10.0. The van der Waals surface area contributed by atoms with Crippen LogP contribution in [0.25, 0.3) is 11.0 Å². The first-order valence-corrected chi connectivity index (χ1v) is 7.47. The number of benzene rings is 1. The van der Waals surface area contributed by atoms with Crippen LogP contribution in [0.1, 0.15) is 17.5 Å². The van der Waals surface area contributed by atoms with Crippen LogP contribution in [0.5, 0.6) is 0 Å². The lowest BCUT2D eigenvalue weighted by Crippen LogP contribution is -2.12. The van der Waals surface area contributed by atoms with Crippen molar-refractivity contribution in [3.8, 4) is 0 Å². The number of nitrogens with one attached hydrogen (secondary N) is 1. The molecule has 4 nitrogen and oxygen atoms in total. The topological polar surface area (TPSA) is 44.3 Å². The Labute approximate surface area is 135 Å². The van der Waals surface area contributed by atoms with Gasteiger partial charge in [-0.15, -0.1) is 0 Å². The van der Waals surface area contributed by atoms with Gasteiger partial charge in [0.25, 0.3) is 0 Å². The minimum atomic E-state index is -4.35. The van der Waals surface area contributed by atoms with Gasteiger partial charge in [-0.1, -0.05) is 12.1 Å².